The van der Waals surface area contributed by atoms with Gasteiger partial charge in [-0.1, -0.05) is 5.16 Å². The van der Waals surface area contributed by atoms with E-state index in [2.05, 4.69) is 20.1 Å². The summed E-state index contributed by atoms with van der Waals surface area (Å²) in [6.45, 7) is 1.77. The van der Waals surface area contributed by atoms with Gasteiger partial charge in [-0.2, -0.15) is 4.98 Å². The number of carboxylic acids is 1. The van der Waals surface area contributed by atoms with Crippen molar-refractivity contribution in [2.24, 2.45) is 5.92 Å². The molecule has 0 aliphatic heterocycles. The van der Waals surface area contributed by atoms with Crippen LogP contribution >= 0.6 is 0 Å². The molecule has 0 radical (unpaired) electrons. The molecule has 92 valence electrons. The number of carbonyl (C=O) groups is 1. The second-order valence-corrected chi connectivity index (χ2v) is 4.23. The van der Waals surface area contributed by atoms with E-state index in [1.807, 2.05) is 0 Å². The van der Waals surface area contributed by atoms with Crippen LogP contribution in [0, 0.1) is 12.8 Å². The molecule has 2 atom stereocenters. The van der Waals surface area contributed by atoms with Gasteiger partial charge in [-0.05, 0) is 19.4 Å². The van der Waals surface area contributed by atoms with E-state index in [1.54, 1.807) is 19.2 Å². The molecule has 2 heterocycles. The maximum absolute atomic E-state index is 10.8. The monoisotopic (exact) mass is 246 g/mol. The number of carboxylic acid groups (broad SMARTS) is 1. The molecule has 1 aliphatic rings. The van der Waals surface area contributed by atoms with Crippen LogP contribution in [0.4, 0.5) is 0 Å². The number of rotatable bonds is 3. The van der Waals surface area contributed by atoms with Gasteiger partial charge in [0.1, 0.15) is 11.5 Å². The molecule has 1 saturated carbocycles. The zero-order chi connectivity index (χ0) is 12.7. The lowest BCUT2D eigenvalue weighted by atomic mass is 10.3. The van der Waals surface area contributed by atoms with E-state index >= 15 is 0 Å². The van der Waals surface area contributed by atoms with Gasteiger partial charge in [0.05, 0.1) is 11.8 Å². The summed E-state index contributed by atoms with van der Waals surface area (Å²) < 4.78 is 5.08. The minimum absolute atomic E-state index is 0.160. The highest BCUT2D eigenvalue weighted by atomic mass is 16.5. The van der Waals surface area contributed by atoms with Gasteiger partial charge in [-0.15, -0.1) is 0 Å². The molecule has 3 rings (SSSR count). The summed E-state index contributed by atoms with van der Waals surface area (Å²) >= 11 is 0. The van der Waals surface area contributed by atoms with Gasteiger partial charge < -0.3 is 9.63 Å². The Kier molecular flexibility index (Phi) is 2.32. The van der Waals surface area contributed by atoms with Gasteiger partial charge in [0, 0.05) is 6.20 Å². The lowest BCUT2D eigenvalue weighted by Gasteiger charge is -1.93. The quantitative estimate of drug-likeness (QED) is 0.862. The summed E-state index contributed by atoms with van der Waals surface area (Å²) in [6.07, 6.45) is 2.17. The van der Waals surface area contributed by atoms with Crippen molar-refractivity contribution in [2.75, 3.05) is 0 Å². The van der Waals surface area contributed by atoms with Gasteiger partial charge in [-0.25, -0.2) is 9.97 Å². The number of aliphatic carboxylic acids is 1. The Morgan fingerprint density at radius 1 is 1.50 bits per heavy atom. The summed E-state index contributed by atoms with van der Waals surface area (Å²) in [5.74, 6) is -0.0244. The fourth-order valence-corrected chi connectivity index (χ4v) is 1.81. The molecule has 1 fully saturated rings. The highest BCUT2D eigenvalue weighted by Gasteiger charge is 2.48. The SMILES string of the molecule is Cc1nccc(-c2noc(C3CC3C(=O)O)n2)n1. The zero-order valence-corrected chi connectivity index (χ0v) is 9.57. The molecule has 2 aromatic heterocycles. The van der Waals surface area contributed by atoms with E-state index in [1.165, 1.54) is 0 Å². The number of hydrogen-bond donors (Lipinski definition) is 1. The third kappa shape index (κ3) is 1.83. The van der Waals surface area contributed by atoms with Crippen LogP contribution in [0.2, 0.25) is 0 Å². The van der Waals surface area contributed by atoms with Gasteiger partial charge >= 0.3 is 5.97 Å². The fraction of sp³-hybridized carbons (Fsp3) is 0.364. The summed E-state index contributed by atoms with van der Waals surface area (Å²) in [6, 6.07) is 1.68. The van der Waals surface area contributed by atoms with E-state index < -0.39 is 11.9 Å². The van der Waals surface area contributed by atoms with Crippen LogP contribution in [-0.4, -0.2) is 31.2 Å². The molecule has 18 heavy (non-hydrogen) atoms. The van der Waals surface area contributed by atoms with E-state index in [4.69, 9.17) is 9.63 Å². The molecular formula is C11H10N4O3. The molecule has 7 nitrogen and oxygen atoms in total. The van der Waals surface area contributed by atoms with Crippen LogP contribution in [0.25, 0.3) is 11.5 Å². The average molecular weight is 246 g/mol. The standard InChI is InChI=1S/C11H10N4O3/c1-5-12-3-2-8(13-5)9-14-10(18-15-9)6-4-7(6)11(16)17/h2-3,6-7H,4H2,1H3,(H,16,17). The number of hydrogen-bond acceptors (Lipinski definition) is 6. The Hall–Kier alpha value is -2.31. The van der Waals surface area contributed by atoms with Gasteiger partial charge in [0.2, 0.25) is 11.7 Å². The lowest BCUT2D eigenvalue weighted by Crippen LogP contribution is -1.99. The zero-order valence-electron chi connectivity index (χ0n) is 9.57. The van der Waals surface area contributed by atoms with E-state index in [0.29, 0.717) is 29.7 Å². The first-order valence-corrected chi connectivity index (χ1v) is 5.51. The number of nitrogens with zero attached hydrogens (tertiary/aromatic N) is 4. The third-order valence-corrected chi connectivity index (χ3v) is 2.87. The smallest absolute Gasteiger partial charge is 0.307 e. The molecule has 2 aromatic rings. The summed E-state index contributed by atoms with van der Waals surface area (Å²) in [7, 11) is 0. The first kappa shape index (κ1) is 10.8. The van der Waals surface area contributed by atoms with Crippen molar-refractivity contribution in [3.05, 3.63) is 24.0 Å². The number of aryl methyl sites for hydroxylation is 1. The van der Waals surface area contributed by atoms with Crippen molar-refractivity contribution in [2.45, 2.75) is 19.3 Å². The fourth-order valence-electron chi connectivity index (χ4n) is 1.81. The largest absolute Gasteiger partial charge is 0.481 e. The Bertz CT molecular complexity index is 610. The molecule has 0 bridgehead atoms. The van der Waals surface area contributed by atoms with Crippen molar-refractivity contribution < 1.29 is 14.4 Å². The maximum atomic E-state index is 10.8. The molecule has 1 aliphatic carbocycles. The van der Waals surface area contributed by atoms with Crippen LogP contribution in [-0.2, 0) is 4.79 Å². The van der Waals surface area contributed by atoms with Crippen molar-refractivity contribution >= 4 is 5.97 Å². The maximum Gasteiger partial charge on any atom is 0.307 e. The molecule has 0 amide bonds. The molecule has 0 saturated heterocycles. The topological polar surface area (TPSA) is 102 Å². The summed E-state index contributed by atoms with van der Waals surface area (Å²) in [5, 5.41) is 12.6. The van der Waals surface area contributed by atoms with Crippen molar-refractivity contribution in [1.82, 2.24) is 20.1 Å². The molecular weight excluding hydrogens is 236 g/mol. The predicted octanol–water partition coefficient (Wildman–Crippen LogP) is 1.02. The van der Waals surface area contributed by atoms with Crippen molar-refractivity contribution in [3.63, 3.8) is 0 Å². The molecule has 0 spiro atoms. The average Bonchev–Trinajstić information content (AvgIpc) is 3.00. The van der Waals surface area contributed by atoms with E-state index in [9.17, 15) is 4.79 Å². The molecule has 7 heteroatoms. The minimum atomic E-state index is -0.822. The normalized spacial score (nSPS) is 21.8. The predicted molar refractivity (Wildman–Crippen MR) is 58.5 cm³/mol. The van der Waals surface area contributed by atoms with Crippen molar-refractivity contribution in [3.8, 4) is 11.5 Å². The second kappa shape index (κ2) is 3.86. The second-order valence-electron chi connectivity index (χ2n) is 4.23. The first-order valence-electron chi connectivity index (χ1n) is 5.51. The molecule has 1 N–H and O–H groups in total. The number of aromatic nitrogens is 4. The summed E-state index contributed by atoms with van der Waals surface area (Å²) in [5.41, 5.74) is 0.574. The van der Waals surface area contributed by atoms with Crippen LogP contribution in [0.5, 0.6) is 0 Å². The van der Waals surface area contributed by atoms with Crippen molar-refractivity contribution in [1.29, 1.82) is 0 Å². The minimum Gasteiger partial charge on any atom is -0.481 e. The van der Waals surface area contributed by atoms with Crippen LogP contribution < -0.4 is 0 Å². The van der Waals surface area contributed by atoms with Crippen LogP contribution in [0.15, 0.2) is 16.8 Å². The highest BCUT2D eigenvalue weighted by molar-refractivity contribution is 5.74. The Morgan fingerprint density at radius 2 is 2.33 bits per heavy atom. The molecule has 2 unspecified atom stereocenters. The summed E-state index contributed by atoms with van der Waals surface area (Å²) in [4.78, 5) is 23.1. The van der Waals surface area contributed by atoms with E-state index in [-0.39, 0.29) is 5.92 Å². The Morgan fingerprint density at radius 3 is 3.00 bits per heavy atom. The Labute approximate surface area is 102 Å². The molecule has 0 aromatic carbocycles. The lowest BCUT2D eigenvalue weighted by molar-refractivity contribution is -0.138. The first-order chi connectivity index (χ1) is 8.65. The van der Waals surface area contributed by atoms with Crippen LogP contribution in [0.3, 0.4) is 0 Å². The van der Waals surface area contributed by atoms with Gasteiger partial charge in [0.15, 0.2) is 0 Å². The third-order valence-electron chi connectivity index (χ3n) is 2.87. The van der Waals surface area contributed by atoms with Gasteiger partial charge in [-0.3, -0.25) is 4.79 Å². The van der Waals surface area contributed by atoms with Crippen LogP contribution in [0.1, 0.15) is 24.1 Å². The van der Waals surface area contributed by atoms with E-state index in [0.717, 1.165) is 0 Å². The highest BCUT2D eigenvalue weighted by Crippen LogP contribution is 2.47. The van der Waals surface area contributed by atoms with Gasteiger partial charge in [0.25, 0.3) is 0 Å². The Balaban J connectivity index is 1.84.